The lowest BCUT2D eigenvalue weighted by Crippen LogP contribution is -2.00. The lowest BCUT2D eigenvalue weighted by atomic mass is 9.93. The fraction of sp³-hybridized carbons (Fsp3) is 0.250. The highest BCUT2D eigenvalue weighted by Crippen LogP contribution is 2.42. The molecular weight excluding hydrogens is 319 g/mol. The number of benzene rings is 2. The summed E-state index contributed by atoms with van der Waals surface area (Å²) in [6, 6.07) is 11.2. The lowest BCUT2D eigenvalue weighted by molar-refractivity contribution is 0.281. The Morgan fingerprint density at radius 3 is 2.48 bits per heavy atom. The van der Waals surface area contributed by atoms with Crippen molar-refractivity contribution in [3.63, 3.8) is 0 Å². The van der Waals surface area contributed by atoms with Gasteiger partial charge in [0.1, 0.15) is 17.2 Å². The first kappa shape index (κ1) is 17.3. The zero-order valence-corrected chi connectivity index (χ0v) is 13.5. The number of phenols is 2. The number of hydrogen-bond acceptors (Lipinski definition) is 4. The van der Waals surface area contributed by atoms with E-state index in [4.69, 9.17) is 9.79 Å². The highest BCUT2D eigenvalue weighted by atomic mass is 31.2. The van der Waals surface area contributed by atoms with Crippen LogP contribution in [-0.2, 0) is 11.0 Å². The second-order valence-electron chi connectivity index (χ2n) is 5.37. The van der Waals surface area contributed by atoms with E-state index in [1.807, 2.05) is 13.0 Å². The molecule has 23 heavy (non-hydrogen) atoms. The molecule has 0 amide bonds. The normalized spacial score (nSPS) is 12.8. The fourth-order valence-corrected chi connectivity index (χ4v) is 2.81. The molecule has 0 radical (unpaired) electrons. The molecule has 0 aliphatic heterocycles. The van der Waals surface area contributed by atoms with Crippen molar-refractivity contribution >= 4 is 7.82 Å². The van der Waals surface area contributed by atoms with Gasteiger partial charge in [-0.25, -0.2) is 4.57 Å². The maximum absolute atomic E-state index is 11.0. The first-order valence-corrected chi connectivity index (χ1v) is 8.64. The molecule has 0 saturated heterocycles. The van der Waals surface area contributed by atoms with Crippen molar-refractivity contribution in [3.8, 4) is 17.2 Å². The quantitative estimate of drug-likeness (QED) is 0.602. The molecule has 0 aromatic heterocycles. The second kappa shape index (κ2) is 7.04. The van der Waals surface area contributed by atoms with Gasteiger partial charge in [-0.1, -0.05) is 25.1 Å². The Morgan fingerprint density at radius 1 is 1.13 bits per heavy atom. The van der Waals surface area contributed by atoms with Crippen LogP contribution in [0.2, 0.25) is 0 Å². The van der Waals surface area contributed by atoms with Crippen LogP contribution in [0.1, 0.15) is 30.4 Å². The summed E-state index contributed by atoms with van der Waals surface area (Å²) in [6.45, 7) is 1.97. The molecule has 0 aliphatic rings. The Labute approximate surface area is 134 Å². The van der Waals surface area contributed by atoms with E-state index in [1.54, 1.807) is 18.2 Å². The molecule has 0 saturated carbocycles. The molecule has 0 aliphatic carbocycles. The van der Waals surface area contributed by atoms with Gasteiger partial charge in [-0.15, -0.1) is 0 Å². The number of phosphoric ester groups is 1. The summed E-state index contributed by atoms with van der Waals surface area (Å²) in [6.07, 6.45) is 0.984. The summed E-state index contributed by atoms with van der Waals surface area (Å²) in [4.78, 5) is 17.9. The van der Waals surface area contributed by atoms with Gasteiger partial charge in [0.2, 0.25) is 0 Å². The molecule has 124 valence electrons. The van der Waals surface area contributed by atoms with Crippen LogP contribution in [0.3, 0.4) is 0 Å². The van der Waals surface area contributed by atoms with Gasteiger partial charge < -0.3 is 14.7 Å². The molecule has 4 N–H and O–H groups in total. The molecule has 0 spiro atoms. The molecule has 7 heteroatoms. The minimum absolute atomic E-state index is 0.0264. The van der Waals surface area contributed by atoms with Crippen molar-refractivity contribution < 1.29 is 29.1 Å². The van der Waals surface area contributed by atoms with Crippen molar-refractivity contribution in [3.05, 3.63) is 53.6 Å². The molecule has 2 aromatic rings. The SMILES string of the molecule is CC(CCc1c(O)cccc1OP(=O)(O)O)c1cccc(O)c1. The second-order valence-corrected chi connectivity index (χ2v) is 6.53. The summed E-state index contributed by atoms with van der Waals surface area (Å²) in [5.74, 6) is 0.174. The van der Waals surface area contributed by atoms with Gasteiger partial charge in [0, 0.05) is 5.56 Å². The van der Waals surface area contributed by atoms with Crippen LogP contribution in [0.25, 0.3) is 0 Å². The predicted octanol–water partition coefficient (Wildman–Crippen LogP) is 3.31. The molecule has 1 unspecified atom stereocenters. The van der Waals surface area contributed by atoms with Crippen molar-refractivity contribution in [2.24, 2.45) is 0 Å². The highest BCUT2D eigenvalue weighted by molar-refractivity contribution is 7.46. The van der Waals surface area contributed by atoms with E-state index in [1.165, 1.54) is 18.2 Å². The van der Waals surface area contributed by atoms with E-state index in [0.717, 1.165) is 5.56 Å². The smallest absolute Gasteiger partial charge is 0.508 e. The maximum Gasteiger partial charge on any atom is 0.524 e. The minimum Gasteiger partial charge on any atom is -0.508 e. The van der Waals surface area contributed by atoms with Crippen LogP contribution in [0.5, 0.6) is 17.2 Å². The summed E-state index contributed by atoms with van der Waals surface area (Å²) in [5.41, 5.74) is 1.29. The summed E-state index contributed by atoms with van der Waals surface area (Å²) < 4.78 is 15.7. The number of phenolic OH excluding ortho intramolecular Hbond substituents is 2. The zero-order valence-electron chi connectivity index (χ0n) is 12.6. The van der Waals surface area contributed by atoms with Gasteiger partial charge >= 0.3 is 7.82 Å². The Hall–Kier alpha value is -2.01. The number of phosphoric acid groups is 1. The third-order valence-corrected chi connectivity index (χ3v) is 4.03. The maximum atomic E-state index is 11.0. The van der Waals surface area contributed by atoms with Crippen molar-refractivity contribution in [1.82, 2.24) is 0 Å². The average Bonchev–Trinajstić information content (AvgIpc) is 2.44. The molecule has 6 nitrogen and oxygen atoms in total. The van der Waals surface area contributed by atoms with E-state index in [9.17, 15) is 14.8 Å². The van der Waals surface area contributed by atoms with Crippen molar-refractivity contribution in [1.29, 1.82) is 0 Å². The van der Waals surface area contributed by atoms with Crippen molar-refractivity contribution in [2.45, 2.75) is 25.7 Å². The van der Waals surface area contributed by atoms with Crippen LogP contribution in [0.4, 0.5) is 0 Å². The Morgan fingerprint density at radius 2 is 1.83 bits per heavy atom. The molecule has 2 aromatic carbocycles. The standard InChI is InChI=1S/C16H19O6P/c1-11(12-4-2-5-13(17)10-12)8-9-14-15(18)6-3-7-16(14)22-23(19,20)21/h2-7,10-11,17-18H,8-9H2,1H3,(H2,19,20,21). The Bertz CT molecular complexity index is 724. The molecular formula is C16H19O6P. The van der Waals surface area contributed by atoms with E-state index >= 15 is 0 Å². The first-order valence-electron chi connectivity index (χ1n) is 7.11. The number of aromatic hydroxyl groups is 2. The molecule has 0 heterocycles. The van der Waals surface area contributed by atoms with Gasteiger partial charge in [0.25, 0.3) is 0 Å². The number of hydrogen-bond donors (Lipinski definition) is 4. The van der Waals surface area contributed by atoms with Crippen molar-refractivity contribution in [2.75, 3.05) is 0 Å². The fourth-order valence-electron chi connectivity index (χ4n) is 2.38. The van der Waals surface area contributed by atoms with Crippen LogP contribution in [-0.4, -0.2) is 20.0 Å². The highest BCUT2D eigenvalue weighted by Gasteiger charge is 2.20. The van der Waals surface area contributed by atoms with Gasteiger partial charge in [0.05, 0.1) is 0 Å². The molecule has 0 bridgehead atoms. The third-order valence-electron chi connectivity index (χ3n) is 3.59. The Balaban J connectivity index is 2.15. The summed E-state index contributed by atoms with van der Waals surface area (Å²) in [5, 5.41) is 19.5. The van der Waals surface area contributed by atoms with Gasteiger partial charge in [0.15, 0.2) is 0 Å². The van der Waals surface area contributed by atoms with Gasteiger partial charge in [-0.05, 0) is 48.6 Å². The molecule has 2 rings (SSSR count). The zero-order chi connectivity index (χ0) is 17.0. The molecule has 1 atom stereocenters. The summed E-state index contributed by atoms with van der Waals surface area (Å²) >= 11 is 0. The van der Waals surface area contributed by atoms with Crippen LogP contribution >= 0.6 is 7.82 Å². The average molecular weight is 338 g/mol. The van der Waals surface area contributed by atoms with Crippen LogP contribution < -0.4 is 4.52 Å². The van der Waals surface area contributed by atoms with E-state index in [-0.39, 0.29) is 23.2 Å². The van der Waals surface area contributed by atoms with Crippen LogP contribution in [0, 0.1) is 0 Å². The predicted molar refractivity (Wildman–Crippen MR) is 85.6 cm³/mol. The van der Waals surface area contributed by atoms with Gasteiger partial charge in [-0.3, -0.25) is 9.79 Å². The topological polar surface area (TPSA) is 107 Å². The monoisotopic (exact) mass is 338 g/mol. The van der Waals surface area contributed by atoms with E-state index in [0.29, 0.717) is 18.4 Å². The van der Waals surface area contributed by atoms with E-state index in [2.05, 4.69) is 4.52 Å². The largest absolute Gasteiger partial charge is 0.524 e. The third kappa shape index (κ3) is 4.99. The van der Waals surface area contributed by atoms with Gasteiger partial charge in [-0.2, -0.15) is 0 Å². The minimum atomic E-state index is -4.69. The number of rotatable bonds is 6. The first-order chi connectivity index (χ1) is 10.8. The molecule has 0 fully saturated rings. The summed E-state index contributed by atoms with van der Waals surface area (Å²) in [7, 11) is -4.69. The van der Waals surface area contributed by atoms with Crippen LogP contribution in [0.15, 0.2) is 42.5 Å². The van der Waals surface area contributed by atoms with E-state index < -0.39 is 7.82 Å². The lowest BCUT2D eigenvalue weighted by Gasteiger charge is -2.16. The Kier molecular flexibility index (Phi) is 5.31.